The van der Waals surface area contributed by atoms with E-state index < -0.39 is 6.10 Å². The van der Waals surface area contributed by atoms with Crippen LogP contribution < -0.4 is 0 Å². The van der Waals surface area contributed by atoms with Crippen molar-refractivity contribution in [1.29, 1.82) is 0 Å². The summed E-state index contributed by atoms with van der Waals surface area (Å²) in [6, 6.07) is 0. The third-order valence-corrected chi connectivity index (χ3v) is 0.575. The van der Waals surface area contributed by atoms with Gasteiger partial charge in [0.1, 0.15) is 12.4 Å². The molecular weight excluding hydrogens is 124 g/mol. The molecule has 0 aliphatic carbocycles. The van der Waals surface area contributed by atoms with E-state index in [0.717, 1.165) is 0 Å². The topological polar surface area (TPSA) is 68.8 Å². The van der Waals surface area contributed by atoms with Crippen molar-refractivity contribution in [3.05, 3.63) is 0 Å². The minimum Gasteiger partial charge on any atom is -0.412 e. The van der Waals surface area contributed by atoms with E-state index in [1.54, 1.807) is 6.92 Å². The van der Waals surface area contributed by atoms with Crippen molar-refractivity contribution in [3.63, 3.8) is 0 Å². The quantitative estimate of drug-likeness (QED) is 0.344. The zero-order valence-electron chi connectivity index (χ0n) is 4.22. The second kappa shape index (κ2) is 9.93. The summed E-state index contributed by atoms with van der Waals surface area (Å²) in [6.45, 7) is 1.75. The number of carbonyl (C=O) groups excluding carboxylic acids is 1. The van der Waals surface area contributed by atoms with Crippen LogP contribution in [0.15, 0.2) is 0 Å². The Labute approximate surface area is 53.0 Å². The zero-order chi connectivity index (χ0) is 4.99. The van der Waals surface area contributed by atoms with Crippen LogP contribution >= 0.6 is 0 Å². The van der Waals surface area contributed by atoms with Gasteiger partial charge in [0.2, 0.25) is 0 Å². The fourth-order valence-corrected chi connectivity index (χ4v) is 0.0962. The maximum atomic E-state index is 9.49. The van der Waals surface area contributed by atoms with Gasteiger partial charge in [-0.2, -0.15) is 0 Å². The molecule has 0 saturated heterocycles. The van der Waals surface area contributed by atoms with Gasteiger partial charge in [-0.25, -0.2) is 0 Å². The zero-order valence-corrected chi connectivity index (χ0v) is 4.22. The van der Waals surface area contributed by atoms with Crippen molar-refractivity contribution in [2.24, 2.45) is 0 Å². The van der Waals surface area contributed by atoms with E-state index in [1.807, 2.05) is 0 Å². The van der Waals surface area contributed by atoms with Crippen molar-refractivity contribution in [2.75, 3.05) is 0 Å². The molecule has 0 spiro atoms. The molecule has 0 rings (SSSR count). The van der Waals surface area contributed by atoms with Crippen molar-refractivity contribution >= 4 is 17.3 Å². The second-order valence-corrected chi connectivity index (χ2v) is 1.11. The number of aliphatic hydroxyl groups is 1. The molecule has 0 aromatic heterocycles. The van der Waals surface area contributed by atoms with Crippen LogP contribution in [0.4, 0.5) is 0 Å². The Balaban J connectivity index is -0.000000125. The molecule has 4 heteroatoms. The molecule has 1 atom stereocenters. The highest BCUT2D eigenvalue weighted by Crippen LogP contribution is 1.79. The molecule has 0 radical (unpaired) electrons. The SMILES string of the molecule is CCC(O)C=O.O.[SiH4]. The summed E-state index contributed by atoms with van der Waals surface area (Å²) in [4.78, 5) is 9.49. The van der Waals surface area contributed by atoms with Crippen LogP contribution in [0, 0.1) is 0 Å². The number of aliphatic hydroxyl groups excluding tert-OH is 1. The molecule has 0 aliphatic rings. The van der Waals surface area contributed by atoms with Gasteiger partial charge in [-0.3, -0.25) is 0 Å². The third kappa shape index (κ3) is 9.26. The Hall–Kier alpha value is -0.193. The van der Waals surface area contributed by atoms with Gasteiger partial charge >= 0.3 is 0 Å². The monoisotopic (exact) mass is 138 g/mol. The van der Waals surface area contributed by atoms with Crippen LogP contribution in [0.25, 0.3) is 0 Å². The van der Waals surface area contributed by atoms with E-state index in [2.05, 4.69) is 0 Å². The van der Waals surface area contributed by atoms with Gasteiger partial charge in [0.05, 0.1) is 0 Å². The number of aldehydes is 1. The highest BCUT2D eigenvalue weighted by molar-refractivity contribution is 5.75. The van der Waals surface area contributed by atoms with E-state index in [9.17, 15) is 4.79 Å². The van der Waals surface area contributed by atoms with E-state index in [-0.39, 0.29) is 16.4 Å². The first kappa shape index (κ1) is 15.7. The van der Waals surface area contributed by atoms with Crippen LogP contribution in [0.3, 0.4) is 0 Å². The Morgan fingerprint density at radius 1 is 1.75 bits per heavy atom. The lowest BCUT2D eigenvalue weighted by Crippen LogP contribution is -2.03. The first-order valence-corrected chi connectivity index (χ1v) is 1.94. The fraction of sp³-hybridized carbons (Fsp3) is 0.750. The van der Waals surface area contributed by atoms with Crippen molar-refractivity contribution in [1.82, 2.24) is 0 Å². The Morgan fingerprint density at radius 2 is 2.12 bits per heavy atom. The van der Waals surface area contributed by atoms with Crippen molar-refractivity contribution in [2.45, 2.75) is 19.4 Å². The molecule has 0 aliphatic heterocycles. The van der Waals surface area contributed by atoms with Gasteiger partial charge < -0.3 is 15.4 Å². The molecule has 3 nitrogen and oxygen atoms in total. The molecule has 0 aromatic carbocycles. The summed E-state index contributed by atoms with van der Waals surface area (Å²) in [7, 11) is 0. The van der Waals surface area contributed by atoms with E-state index in [1.165, 1.54) is 0 Å². The minimum absolute atomic E-state index is 0. The van der Waals surface area contributed by atoms with Crippen LogP contribution in [0.1, 0.15) is 13.3 Å². The van der Waals surface area contributed by atoms with Crippen LogP contribution in [-0.2, 0) is 4.79 Å². The molecule has 0 saturated carbocycles. The number of hydrogen-bond acceptors (Lipinski definition) is 2. The lowest BCUT2D eigenvalue weighted by atomic mass is 10.3. The summed E-state index contributed by atoms with van der Waals surface area (Å²) < 4.78 is 0. The van der Waals surface area contributed by atoms with Gasteiger partial charge in [0, 0.05) is 0 Å². The van der Waals surface area contributed by atoms with Crippen LogP contribution in [0.5, 0.6) is 0 Å². The highest BCUT2D eigenvalue weighted by Gasteiger charge is 1.91. The Kier molecular flexibility index (Phi) is 19.4. The predicted octanol–water partition coefficient (Wildman–Crippen LogP) is -2.32. The largest absolute Gasteiger partial charge is 0.412 e. The van der Waals surface area contributed by atoms with Crippen molar-refractivity contribution in [3.8, 4) is 0 Å². The molecule has 0 bridgehead atoms. The van der Waals surface area contributed by atoms with E-state index >= 15 is 0 Å². The molecule has 8 heavy (non-hydrogen) atoms. The van der Waals surface area contributed by atoms with Gasteiger partial charge in [-0.1, -0.05) is 6.92 Å². The lowest BCUT2D eigenvalue weighted by Gasteiger charge is -1.89. The standard InChI is InChI=1S/C4H8O2.H2O.H4Si/c1-2-4(6)3-5;;/h3-4,6H,2H2,1H3;1H2;1H4. The van der Waals surface area contributed by atoms with Gasteiger partial charge in [-0.15, -0.1) is 0 Å². The molecule has 0 amide bonds. The first-order chi connectivity index (χ1) is 2.81. The van der Waals surface area contributed by atoms with Gasteiger partial charge in [0.15, 0.2) is 0 Å². The maximum Gasteiger partial charge on any atom is 0.148 e. The van der Waals surface area contributed by atoms with Crippen molar-refractivity contribution < 1.29 is 15.4 Å². The molecule has 0 aromatic rings. The minimum atomic E-state index is -0.745. The molecular formula is C4H14O3Si. The maximum absolute atomic E-state index is 9.49. The molecule has 52 valence electrons. The Morgan fingerprint density at radius 3 is 2.12 bits per heavy atom. The predicted molar refractivity (Wildman–Crippen MR) is 37.3 cm³/mol. The normalized spacial score (nSPS) is 10.2. The summed E-state index contributed by atoms with van der Waals surface area (Å²) in [5.41, 5.74) is 0. The highest BCUT2D eigenvalue weighted by atomic mass is 28.1. The number of carbonyl (C=O) groups is 1. The number of hydrogen-bond donors (Lipinski definition) is 1. The molecule has 3 N–H and O–H groups in total. The summed E-state index contributed by atoms with van der Waals surface area (Å²) in [5, 5.41) is 8.30. The lowest BCUT2D eigenvalue weighted by molar-refractivity contribution is -0.114. The molecule has 0 heterocycles. The molecule has 0 fully saturated rings. The average Bonchev–Trinajstić information content (AvgIpc) is 1.65. The summed E-state index contributed by atoms with van der Waals surface area (Å²) in [5.74, 6) is 0. The molecule has 1 unspecified atom stereocenters. The van der Waals surface area contributed by atoms with Crippen LogP contribution in [-0.4, -0.2) is 33.9 Å². The van der Waals surface area contributed by atoms with Crippen LogP contribution in [0.2, 0.25) is 0 Å². The first-order valence-electron chi connectivity index (χ1n) is 1.94. The average molecular weight is 138 g/mol. The van der Waals surface area contributed by atoms with E-state index in [4.69, 9.17) is 5.11 Å². The smallest absolute Gasteiger partial charge is 0.148 e. The third-order valence-electron chi connectivity index (χ3n) is 0.575. The van der Waals surface area contributed by atoms with Gasteiger partial charge in [0.25, 0.3) is 0 Å². The second-order valence-electron chi connectivity index (χ2n) is 1.11. The Bertz CT molecular complexity index is 48.5. The van der Waals surface area contributed by atoms with Gasteiger partial charge in [-0.05, 0) is 17.4 Å². The fourth-order valence-electron chi connectivity index (χ4n) is 0.0962. The number of rotatable bonds is 2. The summed E-state index contributed by atoms with van der Waals surface area (Å²) in [6.07, 6.45) is 0.300. The van der Waals surface area contributed by atoms with E-state index in [0.29, 0.717) is 12.7 Å². The summed E-state index contributed by atoms with van der Waals surface area (Å²) >= 11 is 0.